The third kappa shape index (κ3) is 2.50. The van der Waals surface area contributed by atoms with E-state index in [0.717, 1.165) is 0 Å². The van der Waals surface area contributed by atoms with Crippen LogP contribution in [-0.4, -0.2) is 29.8 Å². The van der Waals surface area contributed by atoms with Gasteiger partial charge in [-0.15, -0.1) is 5.10 Å². The van der Waals surface area contributed by atoms with Gasteiger partial charge in [-0.3, -0.25) is 4.68 Å². The molecule has 0 bridgehead atoms. The fourth-order valence-corrected chi connectivity index (χ4v) is 2.05. The van der Waals surface area contributed by atoms with E-state index in [1.54, 1.807) is 30.2 Å². The van der Waals surface area contributed by atoms with Crippen LogP contribution in [0.15, 0.2) is 30.7 Å². The van der Waals surface area contributed by atoms with Crippen molar-refractivity contribution in [1.29, 1.82) is 0 Å². The van der Waals surface area contributed by atoms with Crippen molar-refractivity contribution in [3.05, 3.63) is 35.7 Å². The third-order valence-corrected chi connectivity index (χ3v) is 3.13. The Morgan fingerprint density at radius 2 is 2.05 bits per heavy atom. The molecule has 0 saturated carbocycles. The summed E-state index contributed by atoms with van der Waals surface area (Å²) in [6.07, 6.45) is 3.01. The summed E-state index contributed by atoms with van der Waals surface area (Å²) in [5.74, 6) is 0.684. The number of nitrogens with zero attached hydrogens (tertiary/aromatic N) is 5. The van der Waals surface area contributed by atoms with Crippen molar-refractivity contribution >= 4 is 17.4 Å². The Labute approximate surface area is 125 Å². The van der Waals surface area contributed by atoms with Gasteiger partial charge in [-0.1, -0.05) is 11.6 Å². The largest absolute Gasteiger partial charge is 0.506 e. The monoisotopic (exact) mass is 302 g/mol. The molecule has 7 nitrogen and oxygen atoms in total. The number of rotatable bonds is 2. The summed E-state index contributed by atoms with van der Waals surface area (Å²) >= 11 is 5.94. The molecule has 0 spiro atoms. The molecule has 8 heteroatoms. The van der Waals surface area contributed by atoms with E-state index in [4.69, 9.17) is 17.3 Å². The Morgan fingerprint density at radius 1 is 1.24 bits per heavy atom. The van der Waals surface area contributed by atoms with Gasteiger partial charge in [-0.05, 0) is 18.2 Å². The van der Waals surface area contributed by atoms with Crippen molar-refractivity contribution in [2.24, 2.45) is 7.05 Å². The van der Waals surface area contributed by atoms with Crippen LogP contribution in [0, 0.1) is 0 Å². The third-order valence-electron chi connectivity index (χ3n) is 2.82. The Hall–Kier alpha value is -2.67. The standard InChI is InChI=1S/C13H11ClN6O/c1-20-6-17-13(19-20)12-11(16-5-10(15)18-12)7-2-3-9(21)8(14)4-7/h2-6,21H,1H3,(H2,15,18). The van der Waals surface area contributed by atoms with Crippen LogP contribution in [0.5, 0.6) is 5.75 Å². The zero-order valence-corrected chi connectivity index (χ0v) is 11.8. The first-order valence-corrected chi connectivity index (χ1v) is 6.40. The molecule has 3 N–H and O–H groups in total. The van der Waals surface area contributed by atoms with Crippen LogP contribution in [0.4, 0.5) is 5.82 Å². The molecule has 0 saturated heterocycles. The molecule has 1 aromatic carbocycles. The van der Waals surface area contributed by atoms with Crippen LogP contribution in [0.1, 0.15) is 0 Å². The molecule has 2 heterocycles. The molecular formula is C13H11ClN6O. The molecule has 21 heavy (non-hydrogen) atoms. The number of nitrogens with two attached hydrogens (primary N) is 1. The fraction of sp³-hybridized carbons (Fsp3) is 0.0769. The minimum Gasteiger partial charge on any atom is -0.506 e. The Bertz CT molecular complexity index is 816. The van der Waals surface area contributed by atoms with Crippen LogP contribution < -0.4 is 5.73 Å². The zero-order valence-electron chi connectivity index (χ0n) is 11.0. The van der Waals surface area contributed by atoms with Crippen LogP contribution >= 0.6 is 11.6 Å². The average molecular weight is 303 g/mol. The normalized spacial score (nSPS) is 10.8. The Morgan fingerprint density at radius 3 is 2.71 bits per heavy atom. The Kier molecular flexibility index (Phi) is 3.19. The summed E-state index contributed by atoms with van der Waals surface area (Å²) in [5, 5.41) is 13.9. The molecule has 3 rings (SSSR count). The maximum atomic E-state index is 9.51. The van der Waals surface area contributed by atoms with E-state index >= 15 is 0 Å². The summed E-state index contributed by atoms with van der Waals surface area (Å²) < 4.78 is 1.56. The highest BCUT2D eigenvalue weighted by Gasteiger charge is 2.16. The number of halogens is 1. The number of phenols is 1. The highest BCUT2D eigenvalue weighted by molar-refractivity contribution is 6.32. The predicted molar refractivity (Wildman–Crippen MR) is 78.6 cm³/mol. The van der Waals surface area contributed by atoms with Crippen LogP contribution in [0.3, 0.4) is 0 Å². The van der Waals surface area contributed by atoms with Gasteiger partial charge in [0.25, 0.3) is 0 Å². The first-order chi connectivity index (χ1) is 10.0. The number of phenolic OH excluding ortho intramolecular Hbond substituents is 1. The molecule has 3 aromatic rings. The van der Waals surface area contributed by atoms with Gasteiger partial charge in [0.05, 0.1) is 11.2 Å². The van der Waals surface area contributed by atoms with E-state index in [-0.39, 0.29) is 16.6 Å². The lowest BCUT2D eigenvalue weighted by Gasteiger charge is -2.07. The quantitative estimate of drug-likeness (QED) is 0.749. The average Bonchev–Trinajstić information content (AvgIpc) is 2.88. The van der Waals surface area contributed by atoms with Gasteiger partial charge in [0, 0.05) is 12.6 Å². The van der Waals surface area contributed by atoms with E-state index in [1.807, 2.05) is 0 Å². The van der Waals surface area contributed by atoms with E-state index < -0.39 is 0 Å². The van der Waals surface area contributed by atoms with Crippen molar-refractivity contribution in [3.8, 4) is 28.5 Å². The lowest BCUT2D eigenvalue weighted by atomic mass is 10.1. The molecule has 0 unspecified atom stereocenters. The van der Waals surface area contributed by atoms with Gasteiger partial charge >= 0.3 is 0 Å². The highest BCUT2D eigenvalue weighted by Crippen LogP contribution is 2.32. The van der Waals surface area contributed by atoms with Crippen LogP contribution in [0.2, 0.25) is 5.02 Å². The maximum absolute atomic E-state index is 9.51. The number of nitrogen functional groups attached to an aromatic ring is 1. The molecule has 0 fully saturated rings. The topological polar surface area (TPSA) is 103 Å². The second-order valence-corrected chi connectivity index (χ2v) is 4.81. The van der Waals surface area contributed by atoms with E-state index in [2.05, 4.69) is 20.1 Å². The molecule has 0 aliphatic heterocycles. The van der Waals surface area contributed by atoms with Gasteiger partial charge in [0.2, 0.25) is 5.82 Å². The molecule has 0 aliphatic carbocycles. The number of hydrogen-bond donors (Lipinski definition) is 2. The van der Waals surface area contributed by atoms with E-state index in [0.29, 0.717) is 22.8 Å². The van der Waals surface area contributed by atoms with Crippen LogP contribution in [-0.2, 0) is 7.05 Å². The summed E-state index contributed by atoms with van der Waals surface area (Å²) in [5.41, 5.74) is 7.38. The lowest BCUT2D eigenvalue weighted by Crippen LogP contribution is -2.00. The molecule has 2 aromatic heterocycles. The number of aromatic nitrogens is 5. The zero-order chi connectivity index (χ0) is 15.0. The second-order valence-electron chi connectivity index (χ2n) is 4.40. The summed E-state index contributed by atoms with van der Waals surface area (Å²) in [6.45, 7) is 0. The van der Waals surface area contributed by atoms with E-state index in [9.17, 15) is 5.11 Å². The number of anilines is 1. The number of aryl methyl sites for hydroxylation is 1. The summed E-state index contributed by atoms with van der Waals surface area (Å²) in [7, 11) is 1.76. The lowest BCUT2D eigenvalue weighted by molar-refractivity contribution is 0.475. The smallest absolute Gasteiger partial charge is 0.202 e. The Balaban J connectivity index is 2.20. The van der Waals surface area contributed by atoms with Crippen molar-refractivity contribution in [2.75, 3.05) is 5.73 Å². The highest BCUT2D eigenvalue weighted by atomic mass is 35.5. The summed E-state index contributed by atoms with van der Waals surface area (Å²) in [6, 6.07) is 4.78. The molecule has 0 aliphatic rings. The predicted octanol–water partition coefficient (Wildman–Crippen LogP) is 1.88. The van der Waals surface area contributed by atoms with Crippen molar-refractivity contribution in [2.45, 2.75) is 0 Å². The first-order valence-electron chi connectivity index (χ1n) is 6.02. The van der Waals surface area contributed by atoms with Gasteiger partial charge in [-0.2, -0.15) is 0 Å². The fourth-order valence-electron chi connectivity index (χ4n) is 1.87. The van der Waals surface area contributed by atoms with Crippen molar-refractivity contribution < 1.29 is 5.11 Å². The van der Waals surface area contributed by atoms with E-state index in [1.165, 1.54) is 12.3 Å². The number of benzene rings is 1. The minimum atomic E-state index is 0.00123. The number of hydrogen-bond acceptors (Lipinski definition) is 6. The van der Waals surface area contributed by atoms with Gasteiger partial charge in [-0.25, -0.2) is 15.0 Å². The molecular weight excluding hydrogens is 292 g/mol. The molecule has 0 amide bonds. The van der Waals surface area contributed by atoms with Gasteiger partial charge in [0.15, 0.2) is 0 Å². The number of aromatic hydroxyl groups is 1. The first kappa shape index (κ1) is 13.3. The van der Waals surface area contributed by atoms with Crippen LogP contribution in [0.25, 0.3) is 22.8 Å². The summed E-state index contributed by atoms with van der Waals surface area (Å²) in [4.78, 5) is 12.7. The molecule has 0 atom stereocenters. The van der Waals surface area contributed by atoms with Crippen molar-refractivity contribution in [1.82, 2.24) is 24.7 Å². The van der Waals surface area contributed by atoms with Gasteiger partial charge in [0.1, 0.15) is 29.3 Å². The maximum Gasteiger partial charge on any atom is 0.202 e. The van der Waals surface area contributed by atoms with Crippen molar-refractivity contribution in [3.63, 3.8) is 0 Å². The molecule has 0 radical (unpaired) electrons. The minimum absolute atomic E-state index is 0.00123. The SMILES string of the molecule is Cn1cnc(-c2nc(N)cnc2-c2ccc(O)c(Cl)c2)n1. The second kappa shape index (κ2) is 5.02. The van der Waals surface area contributed by atoms with Gasteiger partial charge < -0.3 is 10.8 Å². The molecule has 106 valence electrons.